The zero-order chi connectivity index (χ0) is 16.9. The Kier molecular flexibility index (Phi) is 4.33. The number of aromatic nitrogens is 2. The summed E-state index contributed by atoms with van der Waals surface area (Å²) in [5.74, 6) is -0.986. The van der Waals surface area contributed by atoms with Gasteiger partial charge in [-0.05, 0) is 36.4 Å². The number of para-hydroxylation sites is 1. The lowest BCUT2D eigenvalue weighted by Crippen LogP contribution is -2.17. The summed E-state index contributed by atoms with van der Waals surface area (Å²) in [6.45, 7) is 0. The lowest BCUT2D eigenvalue weighted by Gasteiger charge is -2.02. The van der Waals surface area contributed by atoms with Crippen molar-refractivity contribution in [3.63, 3.8) is 0 Å². The highest BCUT2D eigenvalue weighted by Gasteiger charge is 2.09. The van der Waals surface area contributed by atoms with Crippen molar-refractivity contribution in [2.75, 3.05) is 0 Å². The van der Waals surface area contributed by atoms with Crippen LogP contribution in [0.4, 0.5) is 4.39 Å². The first-order chi connectivity index (χ1) is 11.6. The molecular weight excluding hydrogens is 311 g/mol. The van der Waals surface area contributed by atoms with Crippen LogP contribution in [0.2, 0.25) is 0 Å². The topological polar surface area (TPSA) is 90.4 Å². The van der Waals surface area contributed by atoms with Crippen LogP contribution in [0.3, 0.4) is 0 Å². The van der Waals surface area contributed by atoms with Crippen molar-refractivity contribution in [3.8, 4) is 17.0 Å². The number of aromatic hydroxyl groups is 1. The number of halogens is 1. The van der Waals surface area contributed by atoms with E-state index >= 15 is 0 Å². The molecule has 7 heteroatoms. The second kappa shape index (κ2) is 6.74. The fourth-order valence-corrected chi connectivity index (χ4v) is 2.13. The minimum absolute atomic E-state index is 0.125. The molecule has 3 rings (SSSR count). The summed E-state index contributed by atoms with van der Waals surface area (Å²) in [5.41, 5.74) is 4.47. The van der Waals surface area contributed by atoms with E-state index < -0.39 is 5.91 Å². The molecule has 0 unspecified atom stereocenters. The third-order valence-electron chi connectivity index (χ3n) is 3.32. The number of hydrogen-bond donors (Lipinski definition) is 3. The number of hydrazone groups is 1. The highest BCUT2D eigenvalue weighted by atomic mass is 19.1. The number of carbonyl (C=O) groups is 1. The molecule has 0 spiro atoms. The number of nitrogens with one attached hydrogen (secondary N) is 2. The van der Waals surface area contributed by atoms with E-state index in [1.54, 1.807) is 24.3 Å². The average molecular weight is 324 g/mol. The molecule has 0 fully saturated rings. The Morgan fingerprint density at radius 2 is 1.96 bits per heavy atom. The van der Waals surface area contributed by atoms with Crippen molar-refractivity contribution in [2.24, 2.45) is 5.10 Å². The van der Waals surface area contributed by atoms with Gasteiger partial charge in [0.1, 0.15) is 11.6 Å². The fourth-order valence-electron chi connectivity index (χ4n) is 2.13. The number of H-pyrrole nitrogens is 1. The zero-order valence-electron chi connectivity index (χ0n) is 12.4. The van der Waals surface area contributed by atoms with Crippen LogP contribution in [-0.2, 0) is 0 Å². The Bertz CT molecular complexity index is 888. The Morgan fingerprint density at radius 3 is 2.71 bits per heavy atom. The number of phenols is 1. The smallest absolute Gasteiger partial charge is 0.275 e. The summed E-state index contributed by atoms with van der Waals surface area (Å²) < 4.78 is 13.0. The van der Waals surface area contributed by atoms with Gasteiger partial charge < -0.3 is 5.11 Å². The molecule has 1 heterocycles. The number of hydrogen-bond acceptors (Lipinski definition) is 4. The van der Waals surface area contributed by atoms with Crippen molar-refractivity contribution >= 4 is 12.1 Å². The van der Waals surface area contributed by atoms with Crippen molar-refractivity contribution in [1.29, 1.82) is 0 Å². The fraction of sp³-hybridized carbons (Fsp3) is 0. The Morgan fingerprint density at radius 1 is 1.21 bits per heavy atom. The van der Waals surface area contributed by atoms with Gasteiger partial charge in [0.25, 0.3) is 5.91 Å². The van der Waals surface area contributed by atoms with Gasteiger partial charge in [0.2, 0.25) is 0 Å². The molecule has 24 heavy (non-hydrogen) atoms. The van der Waals surface area contributed by atoms with Crippen molar-refractivity contribution in [2.45, 2.75) is 0 Å². The number of aromatic amines is 1. The molecule has 3 N–H and O–H groups in total. The van der Waals surface area contributed by atoms with Crippen LogP contribution in [0.25, 0.3) is 11.3 Å². The third-order valence-corrected chi connectivity index (χ3v) is 3.32. The van der Waals surface area contributed by atoms with Crippen LogP contribution in [-0.4, -0.2) is 27.4 Å². The van der Waals surface area contributed by atoms with E-state index in [4.69, 9.17) is 0 Å². The van der Waals surface area contributed by atoms with Gasteiger partial charge in [0, 0.05) is 11.1 Å². The number of amides is 1. The monoisotopic (exact) mass is 324 g/mol. The quantitative estimate of drug-likeness (QED) is 0.509. The van der Waals surface area contributed by atoms with E-state index in [0.29, 0.717) is 11.3 Å². The summed E-state index contributed by atoms with van der Waals surface area (Å²) in [6.07, 6.45) is 2.95. The van der Waals surface area contributed by atoms with E-state index in [0.717, 1.165) is 5.56 Å². The molecule has 3 aromatic rings. The van der Waals surface area contributed by atoms with E-state index in [2.05, 4.69) is 20.7 Å². The van der Waals surface area contributed by atoms with Crippen molar-refractivity contribution in [3.05, 3.63) is 71.7 Å². The molecule has 1 amide bonds. The molecule has 1 aromatic heterocycles. The highest BCUT2D eigenvalue weighted by molar-refractivity contribution is 5.97. The molecule has 120 valence electrons. The van der Waals surface area contributed by atoms with E-state index in [9.17, 15) is 14.3 Å². The maximum atomic E-state index is 13.0. The molecule has 0 aliphatic carbocycles. The SMILES string of the molecule is O=C(NN=Cc1cn[nH]c1-c1ccc(F)cc1)c1ccccc1O. The Balaban J connectivity index is 1.74. The molecule has 0 aliphatic heterocycles. The van der Waals surface area contributed by atoms with Gasteiger partial charge in [-0.2, -0.15) is 10.2 Å². The Labute approximate surface area is 136 Å². The van der Waals surface area contributed by atoms with Crippen LogP contribution in [0.5, 0.6) is 5.75 Å². The maximum absolute atomic E-state index is 13.0. The number of nitrogens with zero attached hydrogens (tertiary/aromatic N) is 2. The molecule has 0 atom stereocenters. The normalized spacial score (nSPS) is 10.9. The molecule has 0 bridgehead atoms. The number of benzene rings is 2. The highest BCUT2D eigenvalue weighted by Crippen LogP contribution is 2.20. The van der Waals surface area contributed by atoms with Gasteiger partial charge in [-0.25, -0.2) is 9.82 Å². The summed E-state index contributed by atoms with van der Waals surface area (Å²) in [7, 11) is 0. The predicted molar refractivity (Wildman–Crippen MR) is 87.1 cm³/mol. The molecule has 2 aromatic carbocycles. The van der Waals surface area contributed by atoms with Crippen LogP contribution in [0, 0.1) is 5.82 Å². The van der Waals surface area contributed by atoms with Crippen molar-refractivity contribution in [1.82, 2.24) is 15.6 Å². The predicted octanol–water partition coefficient (Wildman–Crippen LogP) is 2.69. The molecule has 0 aliphatic rings. The number of rotatable bonds is 4. The minimum Gasteiger partial charge on any atom is -0.507 e. The van der Waals surface area contributed by atoms with Gasteiger partial charge >= 0.3 is 0 Å². The number of carbonyl (C=O) groups excluding carboxylic acids is 1. The van der Waals surface area contributed by atoms with E-state index in [-0.39, 0.29) is 17.1 Å². The Hall–Kier alpha value is -3.48. The summed E-state index contributed by atoms with van der Waals surface area (Å²) in [6, 6.07) is 12.1. The van der Waals surface area contributed by atoms with Gasteiger partial charge in [-0.3, -0.25) is 9.89 Å². The summed E-state index contributed by atoms with van der Waals surface area (Å²) in [4.78, 5) is 11.9. The van der Waals surface area contributed by atoms with Crippen LogP contribution in [0.1, 0.15) is 15.9 Å². The van der Waals surface area contributed by atoms with Gasteiger partial charge in [-0.15, -0.1) is 0 Å². The first-order valence-corrected chi connectivity index (χ1v) is 7.06. The van der Waals surface area contributed by atoms with Crippen molar-refractivity contribution < 1.29 is 14.3 Å². The second-order valence-corrected chi connectivity index (χ2v) is 4.92. The van der Waals surface area contributed by atoms with E-state index in [1.165, 1.54) is 36.7 Å². The molecule has 0 saturated carbocycles. The van der Waals surface area contributed by atoms with Gasteiger partial charge in [0.05, 0.1) is 23.7 Å². The van der Waals surface area contributed by atoms with Gasteiger partial charge in [0.15, 0.2) is 0 Å². The lowest BCUT2D eigenvalue weighted by molar-refractivity contribution is 0.0952. The molecule has 0 saturated heterocycles. The summed E-state index contributed by atoms with van der Waals surface area (Å²) >= 11 is 0. The molecule has 6 nitrogen and oxygen atoms in total. The van der Waals surface area contributed by atoms with E-state index in [1.807, 2.05) is 0 Å². The molecular formula is C17H13FN4O2. The maximum Gasteiger partial charge on any atom is 0.275 e. The average Bonchev–Trinajstić information content (AvgIpc) is 3.04. The van der Waals surface area contributed by atoms with Crippen LogP contribution < -0.4 is 5.43 Å². The molecule has 0 radical (unpaired) electrons. The standard InChI is InChI=1S/C17H13FN4O2/c18-13-7-5-11(6-8-13)16-12(9-19-21-16)10-20-22-17(24)14-3-1-2-4-15(14)23/h1-10,23H,(H,19,21)(H,22,24). The van der Waals surface area contributed by atoms with Crippen LogP contribution >= 0.6 is 0 Å². The van der Waals surface area contributed by atoms with Crippen LogP contribution in [0.15, 0.2) is 59.8 Å². The minimum atomic E-state index is -0.531. The largest absolute Gasteiger partial charge is 0.507 e. The zero-order valence-corrected chi connectivity index (χ0v) is 12.4. The summed E-state index contributed by atoms with van der Waals surface area (Å²) in [5, 5.41) is 20.2. The first kappa shape index (κ1) is 15.4. The first-order valence-electron chi connectivity index (χ1n) is 7.06. The van der Waals surface area contributed by atoms with Gasteiger partial charge in [-0.1, -0.05) is 12.1 Å². The second-order valence-electron chi connectivity index (χ2n) is 4.92. The lowest BCUT2D eigenvalue weighted by atomic mass is 10.1. The number of phenolic OH excluding ortho intramolecular Hbond substituents is 1. The third kappa shape index (κ3) is 3.30.